The number of fused-ring (bicyclic) bond motifs is 1. The standard InChI is InChI=1S/C17H22FNO2/c18-16-5-3-14(4-6-16)2-1-8-19-10-15-7-9-21-13-17(15,11-19)12-20/h1-6,15,20H,7-13H2/b2-1+/t15-,17+/m0/s1. The molecule has 2 aliphatic heterocycles. The van der Waals surface area contributed by atoms with Gasteiger partial charge >= 0.3 is 0 Å². The number of hydrogen-bond donors (Lipinski definition) is 1. The Morgan fingerprint density at radius 3 is 2.90 bits per heavy atom. The van der Waals surface area contributed by atoms with Crippen molar-refractivity contribution >= 4 is 6.08 Å². The summed E-state index contributed by atoms with van der Waals surface area (Å²) in [4.78, 5) is 2.37. The summed E-state index contributed by atoms with van der Waals surface area (Å²) in [6, 6.07) is 6.50. The number of aliphatic hydroxyl groups is 1. The number of rotatable bonds is 4. The lowest BCUT2D eigenvalue weighted by atomic mass is 9.76. The molecule has 114 valence electrons. The molecule has 0 aliphatic carbocycles. The van der Waals surface area contributed by atoms with Gasteiger partial charge in [0, 0.05) is 31.7 Å². The van der Waals surface area contributed by atoms with E-state index in [0.29, 0.717) is 12.5 Å². The molecule has 0 aromatic heterocycles. The van der Waals surface area contributed by atoms with Crippen LogP contribution >= 0.6 is 0 Å². The Balaban J connectivity index is 1.58. The largest absolute Gasteiger partial charge is 0.396 e. The Hall–Kier alpha value is -1.23. The van der Waals surface area contributed by atoms with Gasteiger partial charge in [-0.05, 0) is 30.0 Å². The summed E-state index contributed by atoms with van der Waals surface area (Å²) in [5.74, 6) is 0.330. The fraction of sp³-hybridized carbons (Fsp3) is 0.529. The van der Waals surface area contributed by atoms with Crippen LogP contribution in [0.15, 0.2) is 30.3 Å². The highest BCUT2D eigenvalue weighted by Crippen LogP contribution is 2.40. The van der Waals surface area contributed by atoms with Gasteiger partial charge in [0.05, 0.1) is 13.2 Å². The van der Waals surface area contributed by atoms with Crippen LogP contribution in [0.2, 0.25) is 0 Å². The molecule has 21 heavy (non-hydrogen) atoms. The molecule has 2 aliphatic rings. The van der Waals surface area contributed by atoms with Crippen LogP contribution in [0.5, 0.6) is 0 Å². The molecule has 4 heteroatoms. The van der Waals surface area contributed by atoms with Crippen molar-refractivity contribution in [3.63, 3.8) is 0 Å². The summed E-state index contributed by atoms with van der Waals surface area (Å²) in [5.41, 5.74) is 0.940. The van der Waals surface area contributed by atoms with Crippen LogP contribution in [0.4, 0.5) is 4.39 Å². The van der Waals surface area contributed by atoms with E-state index in [2.05, 4.69) is 11.0 Å². The van der Waals surface area contributed by atoms with Crippen molar-refractivity contribution in [3.8, 4) is 0 Å². The lowest BCUT2D eigenvalue weighted by Crippen LogP contribution is -2.42. The van der Waals surface area contributed by atoms with Crippen molar-refractivity contribution in [2.45, 2.75) is 6.42 Å². The second kappa shape index (κ2) is 6.26. The first-order valence-electron chi connectivity index (χ1n) is 7.55. The summed E-state index contributed by atoms with van der Waals surface area (Å²) in [7, 11) is 0. The van der Waals surface area contributed by atoms with E-state index in [1.807, 2.05) is 6.08 Å². The molecule has 0 amide bonds. The Kier molecular flexibility index (Phi) is 4.38. The SMILES string of the molecule is OC[C@]12COCC[C@H]1CN(C/C=C/c1ccc(F)cc1)C2. The molecule has 1 N–H and O–H groups in total. The smallest absolute Gasteiger partial charge is 0.123 e. The molecule has 2 fully saturated rings. The van der Waals surface area contributed by atoms with Crippen molar-refractivity contribution in [2.24, 2.45) is 11.3 Å². The van der Waals surface area contributed by atoms with Gasteiger partial charge in [0.1, 0.15) is 5.82 Å². The first-order valence-corrected chi connectivity index (χ1v) is 7.55. The summed E-state index contributed by atoms with van der Waals surface area (Å²) >= 11 is 0. The minimum atomic E-state index is -0.208. The Morgan fingerprint density at radius 1 is 1.38 bits per heavy atom. The van der Waals surface area contributed by atoms with E-state index in [4.69, 9.17) is 4.74 Å². The van der Waals surface area contributed by atoms with Crippen molar-refractivity contribution in [2.75, 3.05) is 39.5 Å². The van der Waals surface area contributed by atoms with Crippen molar-refractivity contribution < 1.29 is 14.2 Å². The normalized spacial score (nSPS) is 29.9. The van der Waals surface area contributed by atoms with E-state index >= 15 is 0 Å². The fourth-order valence-electron chi connectivity index (χ4n) is 3.48. The minimum absolute atomic E-state index is 0.0675. The Bertz CT molecular complexity index is 502. The van der Waals surface area contributed by atoms with Crippen molar-refractivity contribution in [3.05, 3.63) is 41.7 Å². The van der Waals surface area contributed by atoms with Crippen LogP contribution in [0.3, 0.4) is 0 Å². The molecule has 3 nitrogen and oxygen atoms in total. The number of aliphatic hydroxyl groups excluding tert-OH is 1. The molecule has 0 spiro atoms. The topological polar surface area (TPSA) is 32.7 Å². The molecule has 3 rings (SSSR count). The van der Waals surface area contributed by atoms with Gasteiger partial charge in [-0.15, -0.1) is 0 Å². The molecule has 0 bridgehead atoms. The number of ether oxygens (including phenoxy) is 1. The van der Waals surface area contributed by atoms with E-state index in [1.165, 1.54) is 12.1 Å². The van der Waals surface area contributed by atoms with Crippen molar-refractivity contribution in [1.82, 2.24) is 4.90 Å². The number of likely N-dealkylation sites (tertiary alicyclic amines) is 1. The van der Waals surface area contributed by atoms with Crippen LogP contribution in [-0.4, -0.2) is 49.5 Å². The number of hydrogen-bond acceptors (Lipinski definition) is 3. The maximum Gasteiger partial charge on any atom is 0.123 e. The monoisotopic (exact) mass is 291 g/mol. The van der Waals surface area contributed by atoms with E-state index in [1.54, 1.807) is 12.1 Å². The van der Waals surface area contributed by atoms with Crippen LogP contribution in [0.1, 0.15) is 12.0 Å². The predicted octanol–water partition coefficient (Wildman–Crippen LogP) is 2.17. The van der Waals surface area contributed by atoms with Gasteiger partial charge in [-0.3, -0.25) is 4.90 Å². The van der Waals surface area contributed by atoms with E-state index in [0.717, 1.165) is 38.2 Å². The van der Waals surface area contributed by atoms with Crippen molar-refractivity contribution in [1.29, 1.82) is 0 Å². The van der Waals surface area contributed by atoms with Gasteiger partial charge in [0.15, 0.2) is 0 Å². The molecular weight excluding hydrogens is 269 g/mol. The third-order valence-corrected chi connectivity index (χ3v) is 4.74. The molecule has 2 saturated heterocycles. The van der Waals surface area contributed by atoms with E-state index in [-0.39, 0.29) is 17.8 Å². The maximum absolute atomic E-state index is 12.8. The molecular formula is C17H22FNO2. The average molecular weight is 291 g/mol. The van der Waals surface area contributed by atoms with Crippen LogP contribution in [0.25, 0.3) is 6.08 Å². The number of halogens is 1. The molecule has 1 aromatic carbocycles. The van der Waals surface area contributed by atoms with Gasteiger partial charge in [-0.1, -0.05) is 24.3 Å². The van der Waals surface area contributed by atoms with Gasteiger partial charge in [-0.25, -0.2) is 4.39 Å². The van der Waals surface area contributed by atoms with E-state index in [9.17, 15) is 9.50 Å². The highest BCUT2D eigenvalue weighted by molar-refractivity contribution is 5.48. The third kappa shape index (κ3) is 3.18. The summed E-state index contributed by atoms with van der Waals surface area (Å²) < 4.78 is 18.4. The molecule has 0 unspecified atom stereocenters. The second-order valence-corrected chi connectivity index (χ2v) is 6.21. The minimum Gasteiger partial charge on any atom is -0.396 e. The maximum atomic E-state index is 12.8. The average Bonchev–Trinajstić information content (AvgIpc) is 2.88. The fourth-order valence-corrected chi connectivity index (χ4v) is 3.48. The molecule has 0 saturated carbocycles. The predicted molar refractivity (Wildman–Crippen MR) is 80.3 cm³/mol. The van der Waals surface area contributed by atoms with Crippen LogP contribution in [0, 0.1) is 17.2 Å². The van der Waals surface area contributed by atoms with Crippen LogP contribution < -0.4 is 0 Å². The lowest BCUT2D eigenvalue weighted by molar-refractivity contribution is -0.0559. The summed E-state index contributed by atoms with van der Waals surface area (Å²) in [6.45, 7) is 4.46. The zero-order chi connectivity index (χ0) is 14.7. The molecule has 2 atom stereocenters. The second-order valence-electron chi connectivity index (χ2n) is 6.21. The summed E-state index contributed by atoms with van der Waals surface area (Å²) in [6.07, 6.45) is 5.17. The highest BCUT2D eigenvalue weighted by Gasteiger charge is 2.47. The van der Waals surface area contributed by atoms with Crippen LogP contribution in [-0.2, 0) is 4.74 Å². The Morgan fingerprint density at radius 2 is 2.19 bits per heavy atom. The first kappa shape index (κ1) is 14.7. The lowest BCUT2D eigenvalue weighted by Gasteiger charge is -2.36. The molecule has 0 radical (unpaired) electrons. The zero-order valence-corrected chi connectivity index (χ0v) is 12.2. The third-order valence-electron chi connectivity index (χ3n) is 4.74. The van der Waals surface area contributed by atoms with E-state index < -0.39 is 0 Å². The quantitative estimate of drug-likeness (QED) is 0.923. The van der Waals surface area contributed by atoms with Gasteiger partial charge in [0.2, 0.25) is 0 Å². The van der Waals surface area contributed by atoms with Gasteiger partial charge in [-0.2, -0.15) is 0 Å². The van der Waals surface area contributed by atoms with Gasteiger partial charge in [0.25, 0.3) is 0 Å². The first-order chi connectivity index (χ1) is 10.2. The Labute approximate surface area is 125 Å². The number of benzene rings is 1. The summed E-state index contributed by atoms with van der Waals surface area (Å²) in [5, 5.41) is 9.74. The van der Waals surface area contributed by atoms with Gasteiger partial charge < -0.3 is 9.84 Å². The molecule has 1 aromatic rings. The zero-order valence-electron chi connectivity index (χ0n) is 12.2. The highest BCUT2D eigenvalue weighted by atomic mass is 19.1. The number of nitrogens with zero attached hydrogens (tertiary/aromatic N) is 1. The molecule has 2 heterocycles.